The zero-order valence-electron chi connectivity index (χ0n) is 19.4. The summed E-state index contributed by atoms with van der Waals surface area (Å²) in [5.41, 5.74) is 1.76. The maximum absolute atomic E-state index is 13.4. The van der Waals surface area contributed by atoms with Crippen molar-refractivity contribution in [1.29, 1.82) is 0 Å². The Labute approximate surface area is 215 Å². The lowest BCUT2D eigenvalue weighted by molar-refractivity contribution is -0.139. The van der Waals surface area contributed by atoms with Crippen LogP contribution in [0.15, 0.2) is 42.5 Å². The number of thioether (sulfide) groups is 1. The van der Waals surface area contributed by atoms with E-state index in [0.29, 0.717) is 22.2 Å². The van der Waals surface area contributed by atoms with Crippen molar-refractivity contribution in [3.63, 3.8) is 0 Å². The summed E-state index contributed by atoms with van der Waals surface area (Å²) in [6, 6.07) is 11.1. The summed E-state index contributed by atoms with van der Waals surface area (Å²) in [7, 11) is 0. The predicted octanol–water partition coefficient (Wildman–Crippen LogP) is 6.62. The lowest BCUT2D eigenvalue weighted by Crippen LogP contribution is -2.52. The van der Waals surface area contributed by atoms with Crippen LogP contribution in [-0.2, 0) is 21.9 Å². The van der Waals surface area contributed by atoms with Crippen molar-refractivity contribution in [2.24, 2.45) is 0 Å². The van der Waals surface area contributed by atoms with Crippen molar-refractivity contribution in [3.05, 3.63) is 69.5 Å². The van der Waals surface area contributed by atoms with Crippen LogP contribution in [0, 0.1) is 5.82 Å². The molecule has 1 aliphatic carbocycles. The molecule has 0 bridgehead atoms. The lowest BCUT2D eigenvalue weighted by atomic mass is 9.95. The number of benzene rings is 2. The Balaban J connectivity index is 1.69. The van der Waals surface area contributed by atoms with Crippen molar-refractivity contribution in [2.75, 3.05) is 5.75 Å². The van der Waals surface area contributed by atoms with Crippen molar-refractivity contribution < 1.29 is 14.0 Å². The van der Waals surface area contributed by atoms with Gasteiger partial charge in [-0.3, -0.25) is 9.59 Å². The third kappa shape index (κ3) is 7.89. The summed E-state index contributed by atoms with van der Waals surface area (Å²) in [6.45, 7) is 2.17. The van der Waals surface area contributed by atoms with Crippen LogP contribution in [0.1, 0.15) is 56.6 Å². The first kappa shape index (κ1) is 26.8. The van der Waals surface area contributed by atoms with Crippen molar-refractivity contribution in [2.45, 2.75) is 69.8 Å². The molecular formula is C26H31Cl2FN2O2S. The van der Waals surface area contributed by atoms with Gasteiger partial charge in [0.2, 0.25) is 11.8 Å². The molecule has 0 heterocycles. The summed E-state index contributed by atoms with van der Waals surface area (Å²) in [5, 5.41) is 4.14. The SMILES string of the molecule is CC[C@H](C(=O)NC1CCCCC1)N(Cc1ccc(F)cc1)C(=O)CSCc1ccc(Cl)c(Cl)c1. The maximum Gasteiger partial charge on any atom is 0.243 e. The first-order chi connectivity index (χ1) is 16.4. The highest BCUT2D eigenvalue weighted by Gasteiger charge is 2.30. The van der Waals surface area contributed by atoms with E-state index in [0.717, 1.165) is 36.8 Å². The molecule has 1 N–H and O–H groups in total. The van der Waals surface area contributed by atoms with Gasteiger partial charge in [0, 0.05) is 18.3 Å². The average Bonchev–Trinajstić information content (AvgIpc) is 2.83. The smallest absolute Gasteiger partial charge is 0.243 e. The molecular weight excluding hydrogens is 494 g/mol. The molecule has 1 atom stereocenters. The van der Waals surface area contributed by atoms with Crippen LogP contribution in [0.25, 0.3) is 0 Å². The van der Waals surface area contributed by atoms with Gasteiger partial charge < -0.3 is 10.2 Å². The van der Waals surface area contributed by atoms with Gasteiger partial charge in [-0.1, -0.05) is 67.6 Å². The quantitative estimate of drug-likeness (QED) is 0.379. The second-order valence-electron chi connectivity index (χ2n) is 8.66. The molecule has 0 aromatic heterocycles. The number of nitrogens with zero attached hydrogens (tertiary/aromatic N) is 1. The predicted molar refractivity (Wildman–Crippen MR) is 139 cm³/mol. The fourth-order valence-electron chi connectivity index (χ4n) is 4.22. The van der Waals surface area contributed by atoms with E-state index in [1.54, 1.807) is 29.2 Å². The second kappa shape index (κ2) is 13.4. The molecule has 1 saturated carbocycles. The van der Waals surface area contributed by atoms with E-state index in [1.165, 1.54) is 30.3 Å². The van der Waals surface area contributed by atoms with Crippen molar-refractivity contribution in [3.8, 4) is 0 Å². The van der Waals surface area contributed by atoms with Gasteiger partial charge >= 0.3 is 0 Å². The molecule has 0 radical (unpaired) electrons. The van der Waals surface area contributed by atoms with Gasteiger partial charge in [-0.2, -0.15) is 0 Å². The Bertz CT molecular complexity index is 968. The van der Waals surface area contributed by atoms with Crippen LogP contribution in [-0.4, -0.2) is 34.6 Å². The molecule has 1 fully saturated rings. The van der Waals surface area contributed by atoms with Crippen LogP contribution in [0.5, 0.6) is 0 Å². The van der Waals surface area contributed by atoms with Gasteiger partial charge in [-0.25, -0.2) is 4.39 Å². The Morgan fingerprint density at radius 3 is 2.38 bits per heavy atom. The van der Waals surface area contributed by atoms with Gasteiger partial charge in [-0.15, -0.1) is 11.8 Å². The Hall–Kier alpha value is -1.76. The average molecular weight is 526 g/mol. The standard InChI is InChI=1S/C26H31Cl2FN2O2S/c1-2-24(26(33)30-21-6-4-3-5-7-21)31(15-18-8-11-20(29)12-9-18)25(32)17-34-16-19-10-13-22(27)23(28)14-19/h8-14,21,24H,2-7,15-17H2,1H3,(H,30,33)/t24-/m1/s1. The monoisotopic (exact) mass is 524 g/mol. The van der Waals surface area contributed by atoms with E-state index in [-0.39, 0.29) is 36.0 Å². The van der Waals surface area contributed by atoms with Gasteiger partial charge in [-0.05, 0) is 54.7 Å². The molecule has 0 saturated heterocycles. The number of halogens is 3. The van der Waals surface area contributed by atoms with Crippen LogP contribution in [0.4, 0.5) is 4.39 Å². The maximum atomic E-state index is 13.4. The van der Waals surface area contributed by atoms with Crippen LogP contribution >= 0.6 is 35.0 Å². The normalized spacial score (nSPS) is 15.1. The van der Waals surface area contributed by atoms with Gasteiger partial charge in [0.1, 0.15) is 11.9 Å². The molecule has 0 spiro atoms. The lowest BCUT2D eigenvalue weighted by Gasteiger charge is -2.32. The van der Waals surface area contributed by atoms with E-state index in [1.807, 2.05) is 13.0 Å². The minimum Gasteiger partial charge on any atom is -0.352 e. The molecule has 0 aliphatic heterocycles. The first-order valence-electron chi connectivity index (χ1n) is 11.7. The summed E-state index contributed by atoms with van der Waals surface area (Å²) >= 11 is 13.5. The van der Waals surface area contributed by atoms with Crippen LogP contribution < -0.4 is 5.32 Å². The zero-order chi connectivity index (χ0) is 24.5. The largest absolute Gasteiger partial charge is 0.352 e. The number of amides is 2. The molecule has 3 rings (SSSR count). The highest BCUT2D eigenvalue weighted by atomic mass is 35.5. The number of carbonyl (C=O) groups excluding carboxylic acids is 2. The van der Waals surface area contributed by atoms with Crippen molar-refractivity contribution >= 4 is 46.8 Å². The molecule has 1 aliphatic rings. The highest BCUT2D eigenvalue weighted by Crippen LogP contribution is 2.25. The summed E-state index contributed by atoms with van der Waals surface area (Å²) in [6.07, 6.45) is 5.90. The van der Waals surface area contributed by atoms with E-state index in [4.69, 9.17) is 23.2 Å². The Kier molecular flexibility index (Phi) is 10.5. The molecule has 2 aromatic rings. The van der Waals surface area contributed by atoms with E-state index >= 15 is 0 Å². The molecule has 2 aromatic carbocycles. The fraction of sp³-hybridized carbons (Fsp3) is 0.462. The van der Waals surface area contributed by atoms with Crippen molar-refractivity contribution in [1.82, 2.24) is 10.2 Å². The molecule has 4 nitrogen and oxygen atoms in total. The van der Waals surface area contributed by atoms with Crippen LogP contribution in [0.3, 0.4) is 0 Å². The number of carbonyl (C=O) groups is 2. The Morgan fingerprint density at radius 1 is 1.06 bits per heavy atom. The molecule has 34 heavy (non-hydrogen) atoms. The minimum atomic E-state index is -0.579. The summed E-state index contributed by atoms with van der Waals surface area (Å²) in [5.74, 6) is 0.243. The number of nitrogens with one attached hydrogen (secondary N) is 1. The first-order valence-corrected chi connectivity index (χ1v) is 13.6. The Morgan fingerprint density at radius 2 is 1.74 bits per heavy atom. The third-order valence-corrected chi connectivity index (χ3v) is 7.81. The summed E-state index contributed by atoms with van der Waals surface area (Å²) in [4.78, 5) is 28.2. The number of hydrogen-bond acceptors (Lipinski definition) is 3. The third-order valence-electron chi connectivity index (χ3n) is 6.08. The van der Waals surface area contributed by atoms with Gasteiger partial charge in [0.05, 0.1) is 15.8 Å². The fourth-order valence-corrected chi connectivity index (χ4v) is 5.40. The molecule has 184 valence electrons. The number of hydrogen-bond donors (Lipinski definition) is 1. The minimum absolute atomic E-state index is 0.112. The topological polar surface area (TPSA) is 49.4 Å². The highest BCUT2D eigenvalue weighted by molar-refractivity contribution is 7.99. The van der Waals surface area contributed by atoms with E-state index in [2.05, 4.69) is 5.32 Å². The van der Waals surface area contributed by atoms with Crippen LogP contribution in [0.2, 0.25) is 10.0 Å². The van der Waals surface area contributed by atoms with Gasteiger partial charge in [0.15, 0.2) is 0 Å². The van der Waals surface area contributed by atoms with E-state index in [9.17, 15) is 14.0 Å². The van der Waals surface area contributed by atoms with Gasteiger partial charge in [0.25, 0.3) is 0 Å². The molecule has 8 heteroatoms. The molecule has 2 amide bonds. The number of rotatable bonds is 10. The molecule has 0 unspecified atom stereocenters. The second-order valence-corrected chi connectivity index (χ2v) is 10.5. The van der Waals surface area contributed by atoms with E-state index < -0.39 is 6.04 Å². The zero-order valence-corrected chi connectivity index (χ0v) is 21.7. The summed E-state index contributed by atoms with van der Waals surface area (Å²) < 4.78 is 13.4.